The summed E-state index contributed by atoms with van der Waals surface area (Å²) in [6, 6.07) is 13.0. The van der Waals surface area contributed by atoms with Gasteiger partial charge < -0.3 is 14.8 Å². The Kier molecular flexibility index (Phi) is 6.29. The Morgan fingerprint density at radius 3 is 2.52 bits per heavy atom. The zero-order valence-electron chi connectivity index (χ0n) is 13.3. The van der Waals surface area contributed by atoms with Crippen molar-refractivity contribution in [1.82, 2.24) is 0 Å². The molecule has 0 aromatic heterocycles. The van der Waals surface area contributed by atoms with E-state index >= 15 is 0 Å². The third kappa shape index (κ3) is 5.18. The predicted octanol–water partition coefficient (Wildman–Crippen LogP) is 4.32. The predicted molar refractivity (Wildman–Crippen MR) is 92.6 cm³/mol. The summed E-state index contributed by atoms with van der Waals surface area (Å²) in [6.45, 7) is 2.42. The second-order valence-electron chi connectivity index (χ2n) is 4.99. The summed E-state index contributed by atoms with van der Waals surface area (Å²) >= 11 is 6.02. The van der Waals surface area contributed by atoms with E-state index in [1.54, 1.807) is 25.3 Å². The Bertz CT molecular complexity index is 656. The summed E-state index contributed by atoms with van der Waals surface area (Å²) in [6.07, 6.45) is 1.26. The fourth-order valence-corrected chi connectivity index (χ4v) is 2.31. The second-order valence-corrected chi connectivity index (χ2v) is 5.40. The minimum Gasteiger partial charge on any atom is -0.495 e. The minimum absolute atomic E-state index is 0.128. The van der Waals surface area contributed by atoms with Crippen molar-refractivity contribution in [2.45, 2.75) is 19.8 Å². The van der Waals surface area contributed by atoms with Crippen LogP contribution < -0.4 is 14.8 Å². The maximum Gasteiger partial charge on any atom is 0.227 e. The highest BCUT2D eigenvalue weighted by atomic mass is 35.5. The number of aryl methyl sites for hydroxylation is 1. The van der Waals surface area contributed by atoms with Crippen molar-refractivity contribution < 1.29 is 14.3 Å². The van der Waals surface area contributed by atoms with Gasteiger partial charge in [-0.2, -0.15) is 0 Å². The minimum atomic E-state index is -0.128. The van der Waals surface area contributed by atoms with Crippen LogP contribution in [-0.4, -0.2) is 19.6 Å². The summed E-state index contributed by atoms with van der Waals surface area (Å²) in [5.41, 5.74) is 1.89. The number of carbonyl (C=O) groups is 1. The summed E-state index contributed by atoms with van der Waals surface area (Å²) in [7, 11) is 1.55. The number of benzene rings is 2. The number of ether oxygens (including phenoxy) is 2. The van der Waals surface area contributed by atoms with Crippen LogP contribution in [0.5, 0.6) is 11.5 Å². The van der Waals surface area contributed by atoms with E-state index in [-0.39, 0.29) is 12.3 Å². The third-order valence-corrected chi connectivity index (χ3v) is 3.66. The first kappa shape index (κ1) is 17.2. The van der Waals surface area contributed by atoms with Crippen molar-refractivity contribution >= 4 is 23.2 Å². The van der Waals surface area contributed by atoms with Crippen LogP contribution in [0.1, 0.15) is 18.9 Å². The van der Waals surface area contributed by atoms with E-state index in [1.807, 2.05) is 24.3 Å². The first-order valence-electron chi connectivity index (χ1n) is 7.47. The topological polar surface area (TPSA) is 47.6 Å². The van der Waals surface area contributed by atoms with Crippen LogP contribution in [0.15, 0.2) is 42.5 Å². The molecule has 2 rings (SSSR count). The van der Waals surface area contributed by atoms with Gasteiger partial charge in [-0.3, -0.25) is 4.79 Å². The maximum absolute atomic E-state index is 11.9. The zero-order valence-corrected chi connectivity index (χ0v) is 14.0. The number of amides is 1. The van der Waals surface area contributed by atoms with E-state index in [0.29, 0.717) is 23.1 Å². The molecule has 0 aliphatic heterocycles. The Balaban J connectivity index is 1.79. The number of halogens is 1. The van der Waals surface area contributed by atoms with E-state index in [9.17, 15) is 4.79 Å². The van der Waals surface area contributed by atoms with Crippen molar-refractivity contribution in [3.63, 3.8) is 0 Å². The summed E-state index contributed by atoms with van der Waals surface area (Å²) in [5.74, 6) is 1.21. The number of methoxy groups -OCH3 is 1. The largest absolute Gasteiger partial charge is 0.495 e. The smallest absolute Gasteiger partial charge is 0.227 e. The highest BCUT2D eigenvalue weighted by Crippen LogP contribution is 2.27. The Morgan fingerprint density at radius 2 is 1.91 bits per heavy atom. The fourth-order valence-electron chi connectivity index (χ4n) is 2.05. The summed E-state index contributed by atoms with van der Waals surface area (Å²) < 4.78 is 10.6. The van der Waals surface area contributed by atoms with E-state index in [4.69, 9.17) is 21.1 Å². The van der Waals surface area contributed by atoms with Crippen molar-refractivity contribution in [3.05, 3.63) is 53.1 Å². The lowest BCUT2D eigenvalue weighted by atomic mass is 10.2. The van der Waals surface area contributed by atoms with Gasteiger partial charge >= 0.3 is 0 Å². The normalized spacial score (nSPS) is 10.2. The number of hydrogen-bond donors (Lipinski definition) is 1. The number of hydrogen-bond acceptors (Lipinski definition) is 3. The first-order chi connectivity index (χ1) is 11.1. The van der Waals surface area contributed by atoms with Crippen LogP contribution >= 0.6 is 11.6 Å². The summed E-state index contributed by atoms with van der Waals surface area (Å²) in [4.78, 5) is 11.9. The fraction of sp³-hybridized carbons (Fsp3) is 0.278. The molecule has 0 saturated heterocycles. The molecule has 23 heavy (non-hydrogen) atoms. The average molecular weight is 334 g/mol. The molecule has 0 bridgehead atoms. The van der Waals surface area contributed by atoms with Gasteiger partial charge in [-0.25, -0.2) is 0 Å². The molecule has 0 heterocycles. The van der Waals surface area contributed by atoms with Gasteiger partial charge in [-0.05, 0) is 42.3 Å². The maximum atomic E-state index is 11.9. The van der Waals surface area contributed by atoms with Crippen LogP contribution in [0, 0.1) is 0 Å². The molecule has 0 spiro atoms. The Labute approximate surface area is 141 Å². The highest BCUT2D eigenvalue weighted by molar-refractivity contribution is 6.32. The number of nitrogens with one attached hydrogen (secondary N) is 1. The van der Waals surface area contributed by atoms with Crippen molar-refractivity contribution in [3.8, 4) is 11.5 Å². The van der Waals surface area contributed by atoms with Crippen LogP contribution in [-0.2, 0) is 11.2 Å². The monoisotopic (exact) mass is 333 g/mol. The van der Waals surface area contributed by atoms with Crippen LogP contribution in [0.2, 0.25) is 5.02 Å². The molecule has 5 heteroatoms. The standard InChI is InChI=1S/C18H20ClNO3/c1-3-13-4-7-15(8-5-13)23-11-10-18(21)20-14-6-9-17(22-2)16(19)12-14/h4-9,12H,3,10-11H2,1-2H3,(H,20,21). The molecule has 2 aromatic rings. The molecule has 4 nitrogen and oxygen atoms in total. The van der Waals surface area contributed by atoms with Crippen LogP contribution in [0.25, 0.3) is 0 Å². The highest BCUT2D eigenvalue weighted by Gasteiger charge is 2.06. The molecule has 0 aliphatic carbocycles. The lowest BCUT2D eigenvalue weighted by Crippen LogP contribution is -2.15. The molecule has 0 fully saturated rings. The number of carbonyl (C=O) groups excluding carboxylic acids is 1. The van der Waals surface area contributed by atoms with Gasteiger partial charge in [0, 0.05) is 5.69 Å². The zero-order chi connectivity index (χ0) is 16.7. The van der Waals surface area contributed by atoms with Gasteiger partial charge in [0.15, 0.2) is 0 Å². The van der Waals surface area contributed by atoms with Gasteiger partial charge in [0.25, 0.3) is 0 Å². The molecule has 0 radical (unpaired) electrons. The van der Waals surface area contributed by atoms with Gasteiger partial charge in [0.1, 0.15) is 11.5 Å². The summed E-state index contributed by atoms with van der Waals surface area (Å²) in [5, 5.41) is 3.24. The van der Waals surface area contributed by atoms with Crippen LogP contribution in [0.3, 0.4) is 0 Å². The molecule has 0 unspecified atom stereocenters. The van der Waals surface area contributed by atoms with Gasteiger partial charge in [-0.1, -0.05) is 30.7 Å². The molecule has 2 aromatic carbocycles. The molecule has 0 atom stereocenters. The third-order valence-electron chi connectivity index (χ3n) is 3.37. The van der Waals surface area contributed by atoms with E-state index in [0.717, 1.165) is 12.2 Å². The SMILES string of the molecule is CCc1ccc(OCCC(=O)Nc2ccc(OC)c(Cl)c2)cc1. The lowest BCUT2D eigenvalue weighted by Gasteiger charge is -2.09. The average Bonchev–Trinajstić information content (AvgIpc) is 2.55. The van der Waals surface area contributed by atoms with Crippen LogP contribution in [0.4, 0.5) is 5.69 Å². The molecule has 1 N–H and O–H groups in total. The van der Waals surface area contributed by atoms with Crippen molar-refractivity contribution in [1.29, 1.82) is 0 Å². The molecular weight excluding hydrogens is 314 g/mol. The van der Waals surface area contributed by atoms with E-state index in [2.05, 4.69) is 12.2 Å². The van der Waals surface area contributed by atoms with E-state index < -0.39 is 0 Å². The van der Waals surface area contributed by atoms with Gasteiger partial charge in [-0.15, -0.1) is 0 Å². The lowest BCUT2D eigenvalue weighted by molar-refractivity contribution is -0.116. The first-order valence-corrected chi connectivity index (χ1v) is 7.85. The second kappa shape index (κ2) is 8.44. The van der Waals surface area contributed by atoms with Gasteiger partial charge in [0.05, 0.1) is 25.2 Å². The molecule has 0 aliphatic rings. The Hall–Kier alpha value is -2.20. The molecule has 0 saturated carbocycles. The van der Waals surface area contributed by atoms with Crippen molar-refractivity contribution in [2.24, 2.45) is 0 Å². The number of rotatable bonds is 7. The van der Waals surface area contributed by atoms with E-state index in [1.165, 1.54) is 5.56 Å². The van der Waals surface area contributed by atoms with Gasteiger partial charge in [0.2, 0.25) is 5.91 Å². The molecule has 1 amide bonds. The molecule has 122 valence electrons. The quantitative estimate of drug-likeness (QED) is 0.821. The van der Waals surface area contributed by atoms with Crippen molar-refractivity contribution in [2.75, 3.05) is 19.0 Å². The Morgan fingerprint density at radius 1 is 1.17 bits per heavy atom. The number of anilines is 1. The molecular formula is C18H20ClNO3.